The van der Waals surface area contributed by atoms with Crippen LogP contribution in [0.15, 0.2) is 47.4 Å². The fourth-order valence-corrected chi connectivity index (χ4v) is 3.09. The lowest BCUT2D eigenvalue weighted by Gasteiger charge is -2.21. The highest BCUT2D eigenvalue weighted by molar-refractivity contribution is 8.02. The Bertz CT molecular complexity index is 473. The molecule has 0 fully saturated rings. The number of allylic oxidation sites excluding steroid dienone is 2. The normalized spacial score (nSPS) is 24.0. The second kappa shape index (κ2) is 4.92. The Hall–Kier alpha value is -1.28. The molecule has 1 aliphatic heterocycles. The highest BCUT2D eigenvalue weighted by atomic mass is 32.2. The molecular weight excluding hydrogens is 228 g/mol. The van der Waals surface area contributed by atoms with Crippen molar-refractivity contribution in [1.82, 2.24) is 0 Å². The minimum atomic E-state index is -0.310. The van der Waals surface area contributed by atoms with Gasteiger partial charge in [0, 0.05) is 5.75 Å². The molecule has 2 rings (SSSR count). The van der Waals surface area contributed by atoms with Crippen LogP contribution < -0.4 is 0 Å². The number of rotatable bonds is 3. The predicted molar refractivity (Wildman–Crippen MR) is 74.8 cm³/mol. The first-order valence-corrected chi connectivity index (χ1v) is 6.74. The SMILES string of the molecule is CC(=O)C1(C)CSC=C1/C=C/c1ccccc1. The molecule has 88 valence electrons. The van der Waals surface area contributed by atoms with Crippen molar-refractivity contribution in [3.05, 3.63) is 53.0 Å². The van der Waals surface area contributed by atoms with Crippen molar-refractivity contribution in [2.75, 3.05) is 5.75 Å². The van der Waals surface area contributed by atoms with E-state index in [-0.39, 0.29) is 11.2 Å². The Labute approximate surface area is 107 Å². The molecule has 0 saturated heterocycles. The highest BCUT2D eigenvalue weighted by Crippen LogP contribution is 2.41. The van der Waals surface area contributed by atoms with Crippen molar-refractivity contribution in [1.29, 1.82) is 0 Å². The average molecular weight is 244 g/mol. The monoisotopic (exact) mass is 244 g/mol. The molecule has 1 atom stereocenters. The summed E-state index contributed by atoms with van der Waals surface area (Å²) in [4.78, 5) is 11.7. The maximum Gasteiger partial charge on any atom is 0.140 e. The van der Waals surface area contributed by atoms with Gasteiger partial charge in [-0.25, -0.2) is 0 Å². The lowest BCUT2D eigenvalue weighted by molar-refractivity contribution is -0.122. The fourth-order valence-electron chi connectivity index (χ4n) is 1.79. The number of Topliss-reactive ketones (excluding diaryl/α,β-unsaturated/α-hetero) is 1. The van der Waals surface area contributed by atoms with E-state index in [4.69, 9.17) is 0 Å². The van der Waals surface area contributed by atoms with E-state index in [1.165, 1.54) is 0 Å². The van der Waals surface area contributed by atoms with E-state index >= 15 is 0 Å². The quantitative estimate of drug-likeness (QED) is 0.801. The van der Waals surface area contributed by atoms with E-state index in [9.17, 15) is 4.79 Å². The second-order valence-electron chi connectivity index (χ2n) is 4.52. The van der Waals surface area contributed by atoms with Crippen molar-refractivity contribution in [3.63, 3.8) is 0 Å². The smallest absolute Gasteiger partial charge is 0.140 e. The summed E-state index contributed by atoms with van der Waals surface area (Å²) >= 11 is 1.72. The van der Waals surface area contributed by atoms with Crippen molar-refractivity contribution in [2.24, 2.45) is 5.41 Å². The first-order valence-electron chi connectivity index (χ1n) is 5.69. The number of hydrogen-bond acceptors (Lipinski definition) is 2. The first kappa shape index (κ1) is 12.2. The summed E-state index contributed by atoms with van der Waals surface area (Å²) in [6, 6.07) is 10.2. The Morgan fingerprint density at radius 2 is 2.00 bits per heavy atom. The van der Waals surface area contributed by atoms with Crippen LogP contribution in [-0.4, -0.2) is 11.5 Å². The van der Waals surface area contributed by atoms with Gasteiger partial charge in [0.2, 0.25) is 0 Å². The summed E-state index contributed by atoms with van der Waals surface area (Å²) in [5, 5.41) is 2.10. The molecule has 0 aromatic heterocycles. The molecule has 1 nitrogen and oxygen atoms in total. The molecule has 0 aliphatic carbocycles. The van der Waals surface area contributed by atoms with Gasteiger partial charge in [0.15, 0.2) is 0 Å². The van der Waals surface area contributed by atoms with Gasteiger partial charge in [-0.1, -0.05) is 42.5 Å². The van der Waals surface area contributed by atoms with Crippen molar-refractivity contribution in [2.45, 2.75) is 13.8 Å². The zero-order valence-electron chi connectivity index (χ0n) is 10.1. The topological polar surface area (TPSA) is 17.1 Å². The molecule has 0 radical (unpaired) electrons. The van der Waals surface area contributed by atoms with Crippen LogP contribution in [0, 0.1) is 5.41 Å². The molecule has 1 unspecified atom stereocenters. The summed E-state index contributed by atoms with van der Waals surface area (Å²) in [7, 11) is 0. The fraction of sp³-hybridized carbons (Fsp3) is 0.267. The Kier molecular flexibility index (Phi) is 3.53. The van der Waals surface area contributed by atoms with E-state index in [1.807, 2.05) is 25.1 Å². The van der Waals surface area contributed by atoms with E-state index in [0.717, 1.165) is 16.9 Å². The zero-order chi connectivity index (χ0) is 12.3. The van der Waals surface area contributed by atoms with Gasteiger partial charge in [-0.15, -0.1) is 11.8 Å². The van der Waals surface area contributed by atoms with E-state index in [0.29, 0.717) is 0 Å². The lowest BCUT2D eigenvalue weighted by Crippen LogP contribution is -2.27. The first-order chi connectivity index (χ1) is 8.13. The minimum absolute atomic E-state index is 0.242. The van der Waals surface area contributed by atoms with E-state index < -0.39 is 0 Å². The zero-order valence-corrected chi connectivity index (χ0v) is 11.0. The third kappa shape index (κ3) is 2.52. The molecule has 2 heteroatoms. The molecule has 1 heterocycles. The summed E-state index contributed by atoms with van der Waals surface area (Å²) in [5.74, 6) is 1.10. The van der Waals surface area contributed by atoms with Crippen LogP contribution in [0.4, 0.5) is 0 Å². The molecule has 0 saturated carbocycles. The predicted octanol–water partition coefficient (Wildman–Crippen LogP) is 3.93. The number of carbonyl (C=O) groups excluding carboxylic acids is 1. The van der Waals surface area contributed by atoms with Crippen molar-refractivity contribution in [3.8, 4) is 0 Å². The van der Waals surface area contributed by atoms with Crippen LogP contribution in [0.2, 0.25) is 0 Å². The third-order valence-corrected chi connectivity index (χ3v) is 4.42. The van der Waals surface area contributed by atoms with Gasteiger partial charge in [0.25, 0.3) is 0 Å². The standard InChI is InChI=1S/C15H16OS/c1-12(16)15(2)11-17-10-14(15)9-8-13-6-4-3-5-7-13/h3-10H,11H2,1-2H3/b9-8+. The van der Waals surface area contributed by atoms with Gasteiger partial charge in [0.05, 0.1) is 5.41 Å². The molecule has 1 aromatic rings. The summed E-state index contributed by atoms with van der Waals surface area (Å²) in [5.41, 5.74) is 1.98. The summed E-state index contributed by atoms with van der Waals surface area (Å²) in [6.07, 6.45) is 4.13. The largest absolute Gasteiger partial charge is 0.299 e. The van der Waals surface area contributed by atoms with Crippen LogP contribution >= 0.6 is 11.8 Å². The van der Waals surface area contributed by atoms with Gasteiger partial charge in [-0.2, -0.15) is 0 Å². The molecule has 0 N–H and O–H groups in total. The maximum atomic E-state index is 11.7. The van der Waals surface area contributed by atoms with Crippen LogP contribution in [0.25, 0.3) is 6.08 Å². The minimum Gasteiger partial charge on any atom is -0.299 e. The number of ketones is 1. The Balaban J connectivity index is 2.20. The molecule has 0 bridgehead atoms. The van der Waals surface area contributed by atoms with E-state index in [2.05, 4.69) is 29.7 Å². The third-order valence-electron chi connectivity index (χ3n) is 3.25. The highest BCUT2D eigenvalue weighted by Gasteiger charge is 2.36. The number of carbonyl (C=O) groups is 1. The lowest BCUT2D eigenvalue weighted by atomic mass is 9.81. The van der Waals surface area contributed by atoms with Gasteiger partial charge >= 0.3 is 0 Å². The summed E-state index contributed by atoms with van der Waals surface area (Å²) < 4.78 is 0. The average Bonchev–Trinajstić information content (AvgIpc) is 2.71. The van der Waals surface area contributed by atoms with Crippen LogP contribution in [0.5, 0.6) is 0 Å². The van der Waals surface area contributed by atoms with Gasteiger partial charge in [-0.05, 0) is 30.4 Å². The Morgan fingerprint density at radius 3 is 2.65 bits per heavy atom. The molecule has 1 aromatic carbocycles. The molecule has 0 spiro atoms. The van der Waals surface area contributed by atoms with E-state index in [1.54, 1.807) is 18.7 Å². The molecule has 1 aliphatic rings. The van der Waals surface area contributed by atoms with Crippen molar-refractivity contribution < 1.29 is 4.79 Å². The van der Waals surface area contributed by atoms with Crippen LogP contribution in [-0.2, 0) is 4.79 Å². The molecule has 17 heavy (non-hydrogen) atoms. The number of benzene rings is 1. The van der Waals surface area contributed by atoms with Gasteiger partial charge in [-0.3, -0.25) is 4.79 Å². The Morgan fingerprint density at radius 1 is 1.29 bits per heavy atom. The van der Waals surface area contributed by atoms with Crippen LogP contribution in [0.3, 0.4) is 0 Å². The maximum absolute atomic E-state index is 11.7. The number of thioether (sulfide) groups is 1. The van der Waals surface area contributed by atoms with Crippen molar-refractivity contribution >= 4 is 23.6 Å². The van der Waals surface area contributed by atoms with Gasteiger partial charge in [0.1, 0.15) is 5.78 Å². The molecular formula is C15H16OS. The summed E-state index contributed by atoms with van der Waals surface area (Å²) in [6.45, 7) is 3.70. The number of hydrogen-bond donors (Lipinski definition) is 0. The van der Waals surface area contributed by atoms with Gasteiger partial charge < -0.3 is 0 Å². The van der Waals surface area contributed by atoms with Crippen LogP contribution in [0.1, 0.15) is 19.4 Å². The molecule has 0 amide bonds. The second-order valence-corrected chi connectivity index (χ2v) is 5.37.